The summed E-state index contributed by atoms with van der Waals surface area (Å²) in [6, 6.07) is 16.4. The number of nitrogens with one attached hydrogen (secondary N) is 1. The number of amides is 1. The topological polar surface area (TPSA) is 62.4 Å². The van der Waals surface area contributed by atoms with Crippen LogP contribution in [0.2, 0.25) is 5.02 Å². The molecule has 4 rings (SSSR count). The molecule has 1 amide bonds. The number of carbonyl (C=O) groups excluding carboxylic acids is 1. The number of hydrogen-bond donors (Lipinski definition) is 1. The lowest BCUT2D eigenvalue weighted by molar-refractivity contribution is -0.132. The summed E-state index contributed by atoms with van der Waals surface area (Å²) in [5.74, 6) is 0.918. The van der Waals surface area contributed by atoms with Gasteiger partial charge in [-0.1, -0.05) is 23.7 Å². The van der Waals surface area contributed by atoms with Crippen molar-refractivity contribution in [2.75, 3.05) is 13.1 Å². The van der Waals surface area contributed by atoms with Crippen molar-refractivity contribution < 1.29 is 9.53 Å². The van der Waals surface area contributed by atoms with E-state index in [1.165, 1.54) is 6.07 Å². The number of pyridine rings is 1. The third kappa shape index (κ3) is 4.37. The molecule has 5 nitrogen and oxygen atoms in total. The Morgan fingerprint density at radius 3 is 2.57 bits per heavy atom. The number of aromatic amines is 1. The van der Waals surface area contributed by atoms with E-state index in [1.807, 2.05) is 47.4 Å². The zero-order valence-corrected chi connectivity index (χ0v) is 16.1. The number of likely N-dealkylation sites (tertiary alicyclic amines) is 1. The predicted molar refractivity (Wildman–Crippen MR) is 110 cm³/mol. The summed E-state index contributed by atoms with van der Waals surface area (Å²) < 4.78 is 6.11. The summed E-state index contributed by atoms with van der Waals surface area (Å²) in [6.45, 7) is 1.38. The monoisotopic (exact) mass is 396 g/mol. The predicted octanol–water partition coefficient (Wildman–Crippen LogP) is 3.79. The molecular formula is C22H21ClN2O3. The normalized spacial score (nSPS) is 15.0. The molecule has 0 aliphatic carbocycles. The summed E-state index contributed by atoms with van der Waals surface area (Å²) in [4.78, 5) is 28.6. The first kappa shape index (κ1) is 18.6. The van der Waals surface area contributed by atoms with Gasteiger partial charge in [-0.15, -0.1) is 0 Å². The largest absolute Gasteiger partial charge is 0.490 e. The van der Waals surface area contributed by atoms with Crippen LogP contribution < -0.4 is 10.3 Å². The van der Waals surface area contributed by atoms with E-state index in [0.717, 1.165) is 35.1 Å². The molecule has 0 radical (unpaired) electrons. The van der Waals surface area contributed by atoms with Gasteiger partial charge in [0.15, 0.2) is 0 Å². The molecule has 6 heteroatoms. The molecule has 1 aliphatic rings. The van der Waals surface area contributed by atoms with Crippen molar-refractivity contribution in [2.24, 2.45) is 0 Å². The molecule has 1 aromatic heterocycles. The molecule has 1 saturated heterocycles. The summed E-state index contributed by atoms with van der Waals surface area (Å²) in [5.41, 5.74) is 1.65. The molecule has 28 heavy (non-hydrogen) atoms. The van der Waals surface area contributed by atoms with Crippen LogP contribution in [0.5, 0.6) is 5.75 Å². The lowest BCUT2D eigenvalue weighted by Gasteiger charge is -2.32. The lowest BCUT2D eigenvalue weighted by Crippen LogP contribution is -2.42. The average molecular weight is 397 g/mol. The molecule has 1 fully saturated rings. The van der Waals surface area contributed by atoms with Crippen LogP contribution in [0.1, 0.15) is 18.4 Å². The van der Waals surface area contributed by atoms with Gasteiger partial charge in [0, 0.05) is 47.9 Å². The van der Waals surface area contributed by atoms with Crippen LogP contribution in [-0.4, -0.2) is 35.0 Å². The highest BCUT2D eigenvalue weighted by molar-refractivity contribution is 6.30. The fourth-order valence-corrected chi connectivity index (χ4v) is 3.64. The maximum Gasteiger partial charge on any atom is 0.248 e. The van der Waals surface area contributed by atoms with Crippen LogP contribution >= 0.6 is 11.6 Å². The third-order valence-electron chi connectivity index (χ3n) is 5.06. The number of rotatable bonds is 4. The Balaban J connectivity index is 1.32. The Hall–Kier alpha value is -2.79. The smallest absolute Gasteiger partial charge is 0.248 e. The Morgan fingerprint density at radius 1 is 1.07 bits per heavy atom. The molecule has 1 aliphatic heterocycles. The first-order chi connectivity index (χ1) is 13.6. The van der Waals surface area contributed by atoms with Crippen LogP contribution in [0.4, 0.5) is 0 Å². The van der Waals surface area contributed by atoms with Crippen molar-refractivity contribution >= 4 is 28.4 Å². The van der Waals surface area contributed by atoms with Crippen molar-refractivity contribution in [3.8, 4) is 5.75 Å². The standard InChI is InChI=1S/C22H21ClN2O3/c23-17-4-1-15(2-5-17)13-22(27)25-11-9-18(10-12-25)28-19-6-7-20-16(14-19)3-8-21(26)24-20/h1-8,14,18H,9-13H2,(H,24,26). The number of hydrogen-bond acceptors (Lipinski definition) is 3. The number of ether oxygens (including phenoxy) is 1. The Kier molecular flexibility index (Phi) is 5.35. The molecule has 0 saturated carbocycles. The summed E-state index contributed by atoms with van der Waals surface area (Å²) in [5, 5.41) is 1.61. The van der Waals surface area contributed by atoms with Crippen molar-refractivity contribution in [3.05, 3.63) is 75.5 Å². The van der Waals surface area contributed by atoms with E-state index in [2.05, 4.69) is 4.98 Å². The Morgan fingerprint density at radius 2 is 1.82 bits per heavy atom. The number of benzene rings is 2. The van der Waals surface area contributed by atoms with Crippen molar-refractivity contribution in [1.82, 2.24) is 9.88 Å². The first-order valence-corrected chi connectivity index (χ1v) is 9.76. The average Bonchev–Trinajstić information content (AvgIpc) is 2.70. The van der Waals surface area contributed by atoms with Gasteiger partial charge in [0.25, 0.3) is 0 Å². The number of carbonyl (C=O) groups is 1. The molecule has 144 valence electrons. The summed E-state index contributed by atoms with van der Waals surface area (Å²) in [6.07, 6.45) is 2.08. The molecule has 2 heterocycles. The molecule has 3 aromatic rings. The number of nitrogens with zero attached hydrogens (tertiary/aromatic N) is 1. The van der Waals surface area contributed by atoms with E-state index < -0.39 is 0 Å². The minimum Gasteiger partial charge on any atom is -0.490 e. The van der Waals surface area contributed by atoms with Gasteiger partial charge in [0.2, 0.25) is 11.5 Å². The second kappa shape index (κ2) is 8.07. The Bertz CT molecular complexity index is 1040. The molecule has 0 bridgehead atoms. The lowest BCUT2D eigenvalue weighted by atomic mass is 10.1. The maximum absolute atomic E-state index is 12.5. The van der Waals surface area contributed by atoms with Gasteiger partial charge in [-0.3, -0.25) is 9.59 Å². The van der Waals surface area contributed by atoms with Gasteiger partial charge >= 0.3 is 0 Å². The quantitative estimate of drug-likeness (QED) is 0.729. The fourth-order valence-electron chi connectivity index (χ4n) is 3.51. The second-order valence-electron chi connectivity index (χ2n) is 7.07. The van der Waals surface area contributed by atoms with E-state index in [-0.39, 0.29) is 17.6 Å². The molecule has 0 atom stereocenters. The summed E-state index contributed by atoms with van der Waals surface area (Å²) >= 11 is 5.89. The van der Waals surface area contributed by atoms with Gasteiger partial charge in [0.05, 0.1) is 6.42 Å². The molecular weight excluding hydrogens is 376 g/mol. The van der Waals surface area contributed by atoms with Crippen LogP contribution in [0.15, 0.2) is 59.4 Å². The van der Waals surface area contributed by atoms with Gasteiger partial charge < -0.3 is 14.6 Å². The second-order valence-corrected chi connectivity index (χ2v) is 7.51. The zero-order valence-electron chi connectivity index (χ0n) is 15.4. The van der Waals surface area contributed by atoms with Crippen LogP contribution in [0.25, 0.3) is 10.9 Å². The molecule has 0 unspecified atom stereocenters. The zero-order chi connectivity index (χ0) is 19.5. The summed E-state index contributed by atoms with van der Waals surface area (Å²) in [7, 11) is 0. The molecule has 0 spiro atoms. The van der Waals surface area contributed by atoms with E-state index in [1.54, 1.807) is 6.07 Å². The molecule has 1 N–H and O–H groups in total. The Labute approximate surface area is 167 Å². The third-order valence-corrected chi connectivity index (χ3v) is 5.31. The van der Waals surface area contributed by atoms with Crippen LogP contribution in [0.3, 0.4) is 0 Å². The van der Waals surface area contributed by atoms with E-state index >= 15 is 0 Å². The van der Waals surface area contributed by atoms with Gasteiger partial charge in [-0.05, 0) is 42.0 Å². The highest BCUT2D eigenvalue weighted by Crippen LogP contribution is 2.23. The maximum atomic E-state index is 12.5. The van der Waals surface area contributed by atoms with Gasteiger partial charge in [0.1, 0.15) is 11.9 Å². The van der Waals surface area contributed by atoms with E-state index in [0.29, 0.717) is 24.5 Å². The highest BCUT2D eigenvalue weighted by atomic mass is 35.5. The number of aromatic nitrogens is 1. The van der Waals surface area contributed by atoms with Crippen LogP contribution in [-0.2, 0) is 11.2 Å². The van der Waals surface area contributed by atoms with Gasteiger partial charge in [-0.25, -0.2) is 0 Å². The van der Waals surface area contributed by atoms with E-state index in [4.69, 9.17) is 16.3 Å². The van der Waals surface area contributed by atoms with Crippen molar-refractivity contribution in [2.45, 2.75) is 25.4 Å². The van der Waals surface area contributed by atoms with Gasteiger partial charge in [-0.2, -0.15) is 0 Å². The number of fused-ring (bicyclic) bond motifs is 1. The molecule has 2 aromatic carbocycles. The SMILES string of the molecule is O=C(Cc1ccc(Cl)cc1)N1CCC(Oc2ccc3[nH]c(=O)ccc3c2)CC1. The van der Waals surface area contributed by atoms with Crippen molar-refractivity contribution in [3.63, 3.8) is 0 Å². The number of H-pyrrole nitrogens is 1. The minimum absolute atomic E-state index is 0.0831. The number of piperidine rings is 1. The van der Waals surface area contributed by atoms with Crippen LogP contribution in [0, 0.1) is 0 Å². The first-order valence-electron chi connectivity index (χ1n) is 9.39. The highest BCUT2D eigenvalue weighted by Gasteiger charge is 2.24. The number of halogens is 1. The van der Waals surface area contributed by atoms with E-state index in [9.17, 15) is 9.59 Å². The fraction of sp³-hybridized carbons (Fsp3) is 0.273. The minimum atomic E-state index is -0.114. The van der Waals surface area contributed by atoms with Crippen molar-refractivity contribution in [1.29, 1.82) is 0 Å².